The third-order valence-corrected chi connectivity index (χ3v) is 13.4. The fourth-order valence-corrected chi connectivity index (χ4v) is 8.87. The van der Waals surface area contributed by atoms with Gasteiger partial charge in [0.15, 0.2) is 0 Å². The van der Waals surface area contributed by atoms with Gasteiger partial charge < -0.3 is 19.8 Å². The van der Waals surface area contributed by atoms with Crippen LogP contribution < -0.4 is 5.32 Å². The first-order valence-corrected chi connectivity index (χ1v) is 28.7. The van der Waals surface area contributed by atoms with Crippen molar-refractivity contribution in [3.05, 3.63) is 24.3 Å². The van der Waals surface area contributed by atoms with Gasteiger partial charge in [-0.25, -0.2) is 4.57 Å². The zero-order valence-electron chi connectivity index (χ0n) is 42.6. The summed E-state index contributed by atoms with van der Waals surface area (Å²) >= 11 is 0. The first kappa shape index (κ1) is 62.0. The number of carbonyl (C=O) groups excluding carboxylic acids is 1. The molecule has 0 aromatic heterocycles. The Bertz CT molecular complexity index is 1080. The Morgan fingerprint density at radius 1 is 0.540 bits per heavy atom. The number of nitrogens with zero attached hydrogens (tertiary/aromatic N) is 1. The maximum atomic E-state index is 13.0. The molecule has 9 heteroatoms. The smallest absolute Gasteiger partial charge is 0.391 e. The number of hydrogen-bond donors (Lipinski definition) is 3. The molecule has 0 fully saturated rings. The van der Waals surface area contributed by atoms with Crippen molar-refractivity contribution in [2.75, 3.05) is 40.9 Å². The molecule has 1 amide bonds. The molecule has 0 spiro atoms. The molecule has 0 saturated carbocycles. The maximum Gasteiger partial charge on any atom is 0.472 e. The van der Waals surface area contributed by atoms with Crippen molar-refractivity contribution in [1.29, 1.82) is 0 Å². The van der Waals surface area contributed by atoms with Crippen molar-refractivity contribution in [3.8, 4) is 0 Å². The minimum Gasteiger partial charge on any atom is -0.391 e. The van der Waals surface area contributed by atoms with Gasteiger partial charge in [-0.3, -0.25) is 13.8 Å². The normalized spacial score (nSPS) is 14.2. The Morgan fingerprint density at radius 2 is 0.905 bits per heavy atom. The van der Waals surface area contributed by atoms with Gasteiger partial charge >= 0.3 is 7.82 Å². The molecule has 0 rings (SSSR count). The SMILES string of the molecule is CCCCCCC/C=C\C/C=C\CCCCCCCCCCCCCC(=O)NC(COP(=O)(O)OCC[N+](C)(C)C)C(O)CCCCCCCCCCCCCCCCCCCC. The van der Waals surface area contributed by atoms with Gasteiger partial charge in [0.1, 0.15) is 13.2 Å². The van der Waals surface area contributed by atoms with Crippen LogP contribution in [0.3, 0.4) is 0 Å². The summed E-state index contributed by atoms with van der Waals surface area (Å²) < 4.78 is 23.8. The van der Waals surface area contributed by atoms with Crippen LogP contribution in [0.4, 0.5) is 0 Å². The molecule has 3 unspecified atom stereocenters. The fraction of sp³-hybridized carbons (Fsp3) is 0.907. The summed E-state index contributed by atoms with van der Waals surface area (Å²) in [5.74, 6) is -0.144. The average molecular weight is 912 g/mol. The molecular formula is C54H108N2O6P+. The lowest BCUT2D eigenvalue weighted by Crippen LogP contribution is -2.46. The van der Waals surface area contributed by atoms with Crippen molar-refractivity contribution in [2.24, 2.45) is 0 Å². The highest BCUT2D eigenvalue weighted by Crippen LogP contribution is 2.43. The standard InChI is InChI=1S/C54H107N2O6P/c1-6-8-10-12-14-16-18-20-22-24-26-27-28-29-30-32-34-36-38-40-42-44-46-48-54(58)55-52(51-62-63(59,60)61-50-49-56(3,4)5)53(57)47-45-43-41-39-37-35-33-31-25-23-21-19-17-15-13-11-9-7-2/h18,20,24,26,52-53,57H,6-17,19,21-23,25,27-51H2,1-5H3,(H-,55,58,59,60)/p+1/b20-18-,26-24-. The van der Waals surface area contributed by atoms with Crippen LogP contribution in [0.2, 0.25) is 0 Å². The minimum absolute atomic E-state index is 0.0756. The molecule has 0 saturated heterocycles. The van der Waals surface area contributed by atoms with Crippen LogP contribution >= 0.6 is 7.82 Å². The second kappa shape index (κ2) is 46.1. The Morgan fingerprint density at radius 3 is 1.30 bits per heavy atom. The third-order valence-electron chi connectivity index (χ3n) is 12.5. The van der Waals surface area contributed by atoms with E-state index in [1.54, 1.807) is 0 Å². The van der Waals surface area contributed by atoms with Crippen LogP contribution in [0.25, 0.3) is 0 Å². The first-order chi connectivity index (χ1) is 30.5. The minimum atomic E-state index is -4.32. The van der Waals surface area contributed by atoms with Gasteiger partial charge in [0.05, 0.1) is 39.9 Å². The number of aliphatic hydroxyl groups is 1. The third kappa shape index (κ3) is 48.7. The zero-order chi connectivity index (χ0) is 46.4. The highest BCUT2D eigenvalue weighted by molar-refractivity contribution is 7.47. The lowest BCUT2D eigenvalue weighted by Gasteiger charge is -2.26. The van der Waals surface area contributed by atoms with E-state index in [0.717, 1.165) is 44.9 Å². The van der Waals surface area contributed by atoms with E-state index >= 15 is 0 Å². The molecule has 0 heterocycles. The van der Waals surface area contributed by atoms with E-state index in [9.17, 15) is 19.4 Å². The Hall–Kier alpha value is -1.02. The number of unbranched alkanes of at least 4 members (excludes halogenated alkanes) is 33. The molecule has 0 aliphatic carbocycles. The molecule has 0 aliphatic heterocycles. The summed E-state index contributed by atoms with van der Waals surface area (Å²) in [6, 6.07) is -0.760. The molecule has 374 valence electrons. The number of phosphoric acid groups is 1. The van der Waals surface area contributed by atoms with Crippen LogP contribution in [-0.4, -0.2) is 73.4 Å². The second-order valence-corrected chi connectivity index (χ2v) is 21.4. The first-order valence-electron chi connectivity index (χ1n) is 27.2. The highest BCUT2D eigenvalue weighted by Gasteiger charge is 2.28. The lowest BCUT2D eigenvalue weighted by molar-refractivity contribution is -0.870. The summed E-state index contributed by atoms with van der Waals surface area (Å²) in [7, 11) is 1.62. The number of amides is 1. The molecule has 0 aromatic rings. The van der Waals surface area contributed by atoms with Crippen LogP contribution in [0.5, 0.6) is 0 Å². The summed E-state index contributed by atoms with van der Waals surface area (Å²) in [4.78, 5) is 23.3. The van der Waals surface area contributed by atoms with E-state index in [4.69, 9.17) is 9.05 Å². The number of carbonyl (C=O) groups is 1. The van der Waals surface area contributed by atoms with Crippen LogP contribution in [-0.2, 0) is 18.4 Å². The van der Waals surface area contributed by atoms with Gasteiger partial charge in [-0.15, -0.1) is 0 Å². The Labute approximate surface area is 392 Å². The number of hydrogen-bond acceptors (Lipinski definition) is 5. The lowest BCUT2D eigenvalue weighted by atomic mass is 10.0. The van der Waals surface area contributed by atoms with Crippen LogP contribution in [0, 0.1) is 0 Å². The van der Waals surface area contributed by atoms with E-state index in [1.165, 1.54) is 193 Å². The van der Waals surface area contributed by atoms with Crippen molar-refractivity contribution in [3.63, 3.8) is 0 Å². The zero-order valence-corrected chi connectivity index (χ0v) is 43.5. The molecule has 63 heavy (non-hydrogen) atoms. The average Bonchev–Trinajstić information content (AvgIpc) is 3.24. The van der Waals surface area contributed by atoms with Gasteiger partial charge in [-0.05, 0) is 44.9 Å². The van der Waals surface area contributed by atoms with Crippen molar-refractivity contribution in [1.82, 2.24) is 5.32 Å². The van der Waals surface area contributed by atoms with Gasteiger partial charge in [0.25, 0.3) is 0 Å². The summed E-state index contributed by atoms with van der Waals surface area (Å²) in [6.45, 7) is 4.91. The van der Waals surface area contributed by atoms with Crippen LogP contribution in [0.1, 0.15) is 264 Å². The predicted octanol–water partition coefficient (Wildman–Crippen LogP) is 16.0. The number of rotatable bonds is 50. The molecule has 8 nitrogen and oxygen atoms in total. The van der Waals surface area contributed by atoms with E-state index in [-0.39, 0.29) is 19.1 Å². The number of aliphatic hydroxyl groups excluding tert-OH is 1. The Balaban J connectivity index is 4.20. The molecule has 3 N–H and O–H groups in total. The topological polar surface area (TPSA) is 105 Å². The number of likely N-dealkylation sites (N-methyl/N-ethyl adjacent to an activating group) is 1. The molecular weight excluding hydrogens is 804 g/mol. The predicted molar refractivity (Wildman–Crippen MR) is 272 cm³/mol. The Kier molecular flexibility index (Phi) is 45.4. The summed E-state index contributed by atoms with van der Waals surface area (Å²) in [5, 5.41) is 14.0. The summed E-state index contributed by atoms with van der Waals surface area (Å²) in [5.41, 5.74) is 0. The van der Waals surface area contributed by atoms with E-state index in [0.29, 0.717) is 23.9 Å². The number of allylic oxidation sites excluding steroid dienone is 4. The highest BCUT2D eigenvalue weighted by atomic mass is 31.2. The number of phosphoric ester groups is 1. The van der Waals surface area contributed by atoms with Crippen molar-refractivity contribution in [2.45, 2.75) is 276 Å². The van der Waals surface area contributed by atoms with E-state index in [1.807, 2.05) is 21.1 Å². The summed E-state index contributed by atoms with van der Waals surface area (Å²) in [6.07, 6.45) is 56.4. The number of quaternary nitrogens is 1. The van der Waals surface area contributed by atoms with E-state index in [2.05, 4.69) is 43.5 Å². The van der Waals surface area contributed by atoms with Gasteiger partial charge in [-0.1, -0.05) is 237 Å². The van der Waals surface area contributed by atoms with Crippen LogP contribution in [0.15, 0.2) is 24.3 Å². The largest absolute Gasteiger partial charge is 0.472 e. The molecule has 0 bridgehead atoms. The maximum absolute atomic E-state index is 13.0. The van der Waals surface area contributed by atoms with Gasteiger partial charge in [0.2, 0.25) is 5.91 Å². The molecule has 0 aromatic carbocycles. The van der Waals surface area contributed by atoms with E-state index < -0.39 is 20.0 Å². The van der Waals surface area contributed by atoms with Crippen molar-refractivity contribution < 1.29 is 32.9 Å². The van der Waals surface area contributed by atoms with Gasteiger partial charge in [0, 0.05) is 6.42 Å². The fourth-order valence-electron chi connectivity index (χ4n) is 8.14. The second-order valence-electron chi connectivity index (χ2n) is 20.0. The monoisotopic (exact) mass is 912 g/mol. The quantitative estimate of drug-likeness (QED) is 0.0243. The van der Waals surface area contributed by atoms with Gasteiger partial charge in [-0.2, -0.15) is 0 Å². The molecule has 3 atom stereocenters. The molecule has 0 aliphatic rings. The number of nitrogens with one attached hydrogen (secondary N) is 1. The molecule has 0 radical (unpaired) electrons. The van der Waals surface area contributed by atoms with Crippen molar-refractivity contribution >= 4 is 13.7 Å².